The molecule has 0 radical (unpaired) electrons. The first-order chi connectivity index (χ1) is 11.2. The molecule has 0 fully saturated rings. The number of carboxylic acids is 1. The quantitative estimate of drug-likeness (QED) is 0.287. The summed E-state index contributed by atoms with van der Waals surface area (Å²) in [5.41, 5.74) is 0. The molecular formula is C21H42O2. The smallest absolute Gasteiger partial charge is 0.306 e. The van der Waals surface area contributed by atoms with Crippen LogP contribution in [0.1, 0.15) is 117 Å². The van der Waals surface area contributed by atoms with E-state index in [9.17, 15) is 9.90 Å². The summed E-state index contributed by atoms with van der Waals surface area (Å²) in [5, 5.41) is 9.56. The molecule has 0 rings (SSSR count). The number of carbonyl (C=O) groups is 1. The molecule has 0 aliphatic rings. The van der Waals surface area contributed by atoms with E-state index in [1.54, 1.807) is 0 Å². The molecule has 0 aliphatic carbocycles. The van der Waals surface area contributed by atoms with Gasteiger partial charge in [-0.25, -0.2) is 0 Å². The lowest BCUT2D eigenvalue weighted by molar-refractivity contribution is -0.142. The fourth-order valence-corrected chi connectivity index (χ4v) is 3.47. The van der Waals surface area contributed by atoms with Gasteiger partial charge in [0, 0.05) is 0 Å². The summed E-state index contributed by atoms with van der Waals surface area (Å²) in [6.45, 7) is 6.70. The fraction of sp³-hybridized carbons (Fsp3) is 0.952. The van der Waals surface area contributed by atoms with Gasteiger partial charge >= 0.3 is 5.97 Å². The SMILES string of the molecule is CCCCCCCC(CC(CCCC)CCCCCC)C(=O)O. The number of hydrogen-bond acceptors (Lipinski definition) is 1. The van der Waals surface area contributed by atoms with E-state index in [1.807, 2.05) is 0 Å². The summed E-state index contributed by atoms with van der Waals surface area (Å²) in [7, 11) is 0. The zero-order valence-corrected chi connectivity index (χ0v) is 16.1. The Kier molecular flexibility index (Phi) is 16.0. The van der Waals surface area contributed by atoms with Gasteiger partial charge < -0.3 is 5.11 Å². The molecule has 0 aromatic carbocycles. The second-order valence-electron chi connectivity index (χ2n) is 7.33. The Bertz CT molecular complexity index is 263. The van der Waals surface area contributed by atoms with Crippen LogP contribution in [0.3, 0.4) is 0 Å². The van der Waals surface area contributed by atoms with Crippen molar-refractivity contribution in [2.45, 2.75) is 117 Å². The van der Waals surface area contributed by atoms with E-state index in [0.29, 0.717) is 5.92 Å². The third-order valence-electron chi connectivity index (χ3n) is 5.06. The first kappa shape index (κ1) is 22.5. The van der Waals surface area contributed by atoms with Crippen LogP contribution in [0, 0.1) is 11.8 Å². The van der Waals surface area contributed by atoms with Gasteiger partial charge in [0.1, 0.15) is 0 Å². The van der Waals surface area contributed by atoms with Crippen molar-refractivity contribution in [3.63, 3.8) is 0 Å². The van der Waals surface area contributed by atoms with Crippen molar-refractivity contribution in [1.29, 1.82) is 0 Å². The molecule has 23 heavy (non-hydrogen) atoms. The van der Waals surface area contributed by atoms with Crippen LogP contribution in [-0.4, -0.2) is 11.1 Å². The average Bonchev–Trinajstić information content (AvgIpc) is 2.54. The molecule has 0 heterocycles. The van der Waals surface area contributed by atoms with Gasteiger partial charge in [-0.05, 0) is 18.8 Å². The molecule has 2 nitrogen and oxygen atoms in total. The summed E-state index contributed by atoms with van der Waals surface area (Å²) in [5.74, 6) is -0.0382. The molecule has 138 valence electrons. The topological polar surface area (TPSA) is 37.3 Å². The zero-order chi connectivity index (χ0) is 17.3. The maximum atomic E-state index is 11.6. The average molecular weight is 327 g/mol. The molecule has 0 saturated heterocycles. The van der Waals surface area contributed by atoms with Crippen molar-refractivity contribution < 1.29 is 9.90 Å². The van der Waals surface area contributed by atoms with E-state index < -0.39 is 5.97 Å². The third-order valence-corrected chi connectivity index (χ3v) is 5.06. The Morgan fingerprint density at radius 1 is 0.696 bits per heavy atom. The van der Waals surface area contributed by atoms with Crippen LogP contribution in [-0.2, 0) is 4.79 Å². The second-order valence-corrected chi connectivity index (χ2v) is 7.33. The summed E-state index contributed by atoms with van der Waals surface area (Å²) in [4.78, 5) is 11.6. The minimum atomic E-state index is -0.560. The molecule has 0 amide bonds. The highest BCUT2D eigenvalue weighted by molar-refractivity contribution is 5.69. The van der Waals surface area contributed by atoms with Crippen molar-refractivity contribution >= 4 is 5.97 Å². The van der Waals surface area contributed by atoms with Crippen molar-refractivity contribution in [2.75, 3.05) is 0 Å². The van der Waals surface area contributed by atoms with Gasteiger partial charge in [-0.15, -0.1) is 0 Å². The van der Waals surface area contributed by atoms with Crippen LogP contribution in [0.4, 0.5) is 0 Å². The molecule has 0 aromatic heterocycles. The summed E-state index contributed by atoms with van der Waals surface area (Å²) in [6, 6.07) is 0. The number of aliphatic carboxylic acids is 1. The maximum absolute atomic E-state index is 11.6. The fourth-order valence-electron chi connectivity index (χ4n) is 3.47. The first-order valence-corrected chi connectivity index (χ1v) is 10.4. The van der Waals surface area contributed by atoms with Crippen LogP contribution < -0.4 is 0 Å². The van der Waals surface area contributed by atoms with Crippen LogP contribution in [0.2, 0.25) is 0 Å². The predicted octanol–water partition coefficient (Wildman–Crippen LogP) is 7.21. The maximum Gasteiger partial charge on any atom is 0.306 e. The van der Waals surface area contributed by atoms with Crippen molar-refractivity contribution in [3.05, 3.63) is 0 Å². The monoisotopic (exact) mass is 326 g/mol. The van der Waals surface area contributed by atoms with Crippen LogP contribution in [0.5, 0.6) is 0 Å². The van der Waals surface area contributed by atoms with Gasteiger partial charge in [0.15, 0.2) is 0 Å². The molecule has 0 saturated carbocycles. The highest BCUT2D eigenvalue weighted by atomic mass is 16.4. The molecule has 0 aromatic rings. The Labute approximate surface area is 145 Å². The highest BCUT2D eigenvalue weighted by Gasteiger charge is 2.21. The minimum absolute atomic E-state index is 0.107. The lowest BCUT2D eigenvalue weighted by atomic mass is 9.84. The van der Waals surface area contributed by atoms with Gasteiger partial charge in [0.25, 0.3) is 0 Å². The minimum Gasteiger partial charge on any atom is -0.481 e. The Balaban J connectivity index is 4.21. The predicted molar refractivity (Wildman–Crippen MR) is 101 cm³/mol. The molecule has 0 bridgehead atoms. The van der Waals surface area contributed by atoms with Crippen LogP contribution in [0.15, 0.2) is 0 Å². The molecule has 2 unspecified atom stereocenters. The largest absolute Gasteiger partial charge is 0.481 e. The first-order valence-electron chi connectivity index (χ1n) is 10.4. The highest BCUT2D eigenvalue weighted by Crippen LogP contribution is 2.27. The standard InChI is InChI=1S/C21H42O2/c1-4-7-10-12-14-17-20(21(22)23)18-19(15-9-6-3)16-13-11-8-5-2/h19-20H,4-18H2,1-3H3,(H,22,23). The molecular weight excluding hydrogens is 284 g/mol. The van der Waals surface area contributed by atoms with E-state index >= 15 is 0 Å². The molecule has 0 spiro atoms. The summed E-state index contributed by atoms with van der Waals surface area (Å²) in [6.07, 6.45) is 18.0. The van der Waals surface area contributed by atoms with E-state index in [0.717, 1.165) is 19.3 Å². The van der Waals surface area contributed by atoms with E-state index in [1.165, 1.54) is 77.0 Å². The van der Waals surface area contributed by atoms with E-state index in [-0.39, 0.29) is 5.92 Å². The normalized spacial score (nSPS) is 13.9. The van der Waals surface area contributed by atoms with Gasteiger partial charge in [0.2, 0.25) is 0 Å². The lowest BCUT2D eigenvalue weighted by Gasteiger charge is -2.21. The Hall–Kier alpha value is -0.530. The van der Waals surface area contributed by atoms with E-state index in [2.05, 4.69) is 20.8 Å². The van der Waals surface area contributed by atoms with Gasteiger partial charge in [-0.1, -0.05) is 104 Å². The molecule has 0 aliphatic heterocycles. The van der Waals surface area contributed by atoms with Gasteiger partial charge in [-0.2, -0.15) is 0 Å². The number of carboxylic acid groups (broad SMARTS) is 1. The van der Waals surface area contributed by atoms with Crippen molar-refractivity contribution in [3.8, 4) is 0 Å². The molecule has 2 atom stereocenters. The summed E-state index contributed by atoms with van der Waals surface area (Å²) >= 11 is 0. The lowest BCUT2D eigenvalue weighted by Crippen LogP contribution is -2.18. The van der Waals surface area contributed by atoms with Gasteiger partial charge in [-0.3, -0.25) is 4.79 Å². The Morgan fingerprint density at radius 3 is 1.74 bits per heavy atom. The third kappa shape index (κ3) is 13.6. The van der Waals surface area contributed by atoms with Crippen molar-refractivity contribution in [1.82, 2.24) is 0 Å². The number of rotatable bonds is 17. The summed E-state index contributed by atoms with van der Waals surface area (Å²) < 4.78 is 0. The second kappa shape index (κ2) is 16.3. The van der Waals surface area contributed by atoms with Gasteiger partial charge in [0.05, 0.1) is 5.92 Å². The zero-order valence-electron chi connectivity index (χ0n) is 16.1. The number of hydrogen-bond donors (Lipinski definition) is 1. The van der Waals surface area contributed by atoms with E-state index in [4.69, 9.17) is 0 Å². The van der Waals surface area contributed by atoms with Crippen molar-refractivity contribution in [2.24, 2.45) is 11.8 Å². The van der Waals surface area contributed by atoms with Crippen LogP contribution in [0.25, 0.3) is 0 Å². The van der Waals surface area contributed by atoms with Crippen LogP contribution >= 0.6 is 0 Å². The molecule has 1 N–H and O–H groups in total. The number of unbranched alkanes of at least 4 members (excludes halogenated alkanes) is 8. The Morgan fingerprint density at radius 2 is 1.17 bits per heavy atom. The molecule has 2 heteroatoms.